The van der Waals surface area contributed by atoms with Gasteiger partial charge in [-0.2, -0.15) is 0 Å². The van der Waals surface area contributed by atoms with Gasteiger partial charge in [0, 0.05) is 6.54 Å². The third-order valence-electron chi connectivity index (χ3n) is 4.70. The van der Waals surface area contributed by atoms with Crippen LogP contribution in [-0.4, -0.2) is 50.0 Å². The maximum Gasteiger partial charge on any atom is 0.322 e. The standard InChI is InChI=1S/C20H28N4O4/c1-5-27-18-8-15(6-7-17(18)28-12-13(2)3)9-23-11-19-22-21-14(4)24(19)10-16(23)20(25)26/h6-8,13,16H,5,9-12H2,1-4H3,(H,25,26). The lowest BCUT2D eigenvalue weighted by atomic mass is 10.1. The number of nitrogens with zero attached hydrogens (tertiary/aromatic N) is 4. The fraction of sp³-hybridized carbons (Fsp3) is 0.550. The van der Waals surface area contributed by atoms with Crippen molar-refractivity contribution in [1.29, 1.82) is 0 Å². The second-order valence-electron chi connectivity index (χ2n) is 7.45. The van der Waals surface area contributed by atoms with E-state index in [1.54, 1.807) is 0 Å². The monoisotopic (exact) mass is 388 g/mol. The van der Waals surface area contributed by atoms with Crippen LogP contribution in [0.25, 0.3) is 0 Å². The van der Waals surface area contributed by atoms with Crippen molar-refractivity contribution >= 4 is 5.97 Å². The molecule has 3 rings (SSSR count). The van der Waals surface area contributed by atoms with Crippen LogP contribution in [0, 0.1) is 12.8 Å². The summed E-state index contributed by atoms with van der Waals surface area (Å²) in [5.41, 5.74) is 0.969. The lowest BCUT2D eigenvalue weighted by Gasteiger charge is -2.33. The maximum atomic E-state index is 11.8. The van der Waals surface area contributed by atoms with Crippen LogP contribution in [0.5, 0.6) is 11.5 Å². The highest BCUT2D eigenvalue weighted by Gasteiger charge is 2.33. The fourth-order valence-corrected chi connectivity index (χ4v) is 3.29. The van der Waals surface area contributed by atoms with Gasteiger partial charge < -0.3 is 19.1 Å². The number of hydrogen-bond donors (Lipinski definition) is 1. The SMILES string of the molecule is CCOc1cc(CN2Cc3nnc(C)n3CC2C(=O)O)ccc1OCC(C)C. The Morgan fingerprint density at radius 2 is 2.07 bits per heavy atom. The Balaban J connectivity index is 1.81. The Morgan fingerprint density at radius 1 is 1.29 bits per heavy atom. The van der Waals surface area contributed by atoms with E-state index in [1.807, 2.05) is 41.5 Å². The average Bonchev–Trinajstić information content (AvgIpc) is 3.00. The number of ether oxygens (including phenoxy) is 2. The molecule has 152 valence electrons. The van der Waals surface area contributed by atoms with E-state index in [4.69, 9.17) is 9.47 Å². The highest BCUT2D eigenvalue weighted by atomic mass is 16.5. The summed E-state index contributed by atoms with van der Waals surface area (Å²) >= 11 is 0. The highest BCUT2D eigenvalue weighted by Crippen LogP contribution is 2.30. The van der Waals surface area contributed by atoms with Gasteiger partial charge in [-0.25, -0.2) is 0 Å². The summed E-state index contributed by atoms with van der Waals surface area (Å²) in [6.45, 7) is 10.4. The van der Waals surface area contributed by atoms with Gasteiger partial charge in [-0.1, -0.05) is 19.9 Å². The van der Waals surface area contributed by atoms with E-state index in [-0.39, 0.29) is 0 Å². The number of carboxylic acid groups (broad SMARTS) is 1. The van der Waals surface area contributed by atoms with E-state index in [0.717, 1.165) is 17.2 Å². The van der Waals surface area contributed by atoms with Crippen molar-refractivity contribution in [2.24, 2.45) is 5.92 Å². The molecule has 0 amide bonds. The van der Waals surface area contributed by atoms with E-state index in [9.17, 15) is 9.90 Å². The fourth-order valence-electron chi connectivity index (χ4n) is 3.29. The molecule has 8 nitrogen and oxygen atoms in total. The summed E-state index contributed by atoms with van der Waals surface area (Å²) in [4.78, 5) is 13.7. The van der Waals surface area contributed by atoms with E-state index in [1.165, 1.54) is 0 Å². The topological polar surface area (TPSA) is 89.7 Å². The molecule has 0 bridgehead atoms. The number of aryl methyl sites for hydroxylation is 1. The third kappa shape index (κ3) is 4.44. The Morgan fingerprint density at radius 3 is 2.75 bits per heavy atom. The number of hydrogen-bond acceptors (Lipinski definition) is 6. The first-order valence-electron chi connectivity index (χ1n) is 9.63. The molecule has 1 N–H and O–H groups in total. The second-order valence-corrected chi connectivity index (χ2v) is 7.45. The number of aromatic nitrogens is 3. The lowest BCUT2D eigenvalue weighted by Crippen LogP contribution is -2.47. The zero-order valence-corrected chi connectivity index (χ0v) is 16.9. The largest absolute Gasteiger partial charge is 0.490 e. The summed E-state index contributed by atoms with van der Waals surface area (Å²) in [5, 5.41) is 18.0. The number of rotatable bonds is 8. The molecule has 0 saturated heterocycles. The molecule has 0 fully saturated rings. The maximum absolute atomic E-state index is 11.8. The van der Waals surface area contributed by atoms with Crippen LogP contribution in [0.1, 0.15) is 38.0 Å². The molecule has 0 spiro atoms. The normalized spacial score (nSPS) is 16.8. The molecule has 0 aliphatic carbocycles. The quantitative estimate of drug-likeness (QED) is 0.743. The number of benzene rings is 1. The van der Waals surface area contributed by atoms with Crippen molar-refractivity contribution in [2.45, 2.75) is 53.4 Å². The van der Waals surface area contributed by atoms with Crippen molar-refractivity contribution in [2.75, 3.05) is 13.2 Å². The molecular formula is C20H28N4O4. The molecule has 2 aromatic rings. The van der Waals surface area contributed by atoms with Crippen LogP contribution in [0.3, 0.4) is 0 Å². The van der Waals surface area contributed by atoms with Crippen LogP contribution in [0.15, 0.2) is 18.2 Å². The van der Waals surface area contributed by atoms with Gasteiger partial charge in [0.2, 0.25) is 0 Å². The number of fused-ring (bicyclic) bond motifs is 1. The van der Waals surface area contributed by atoms with Crippen molar-refractivity contribution in [3.8, 4) is 11.5 Å². The summed E-state index contributed by atoms with van der Waals surface area (Å²) in [5.74, 6) is 2.50. The average molecular weight is 388 g/mol. The van der Waals surface area contributed by atoms with Crippen molar-refractivity contribution in [3.63, 3.8) is 0 Å². The van der Waals surface area contributed by atoms with Crippen LogP contribution in [-0.2, 0) is 24.4 Å². The Kier molecular flexibility index (Phi) is 6.18. The molecule has 1 aromatic heterocycles. The van der Waals surface area contributed by atoms with E-state index < -0.39 is 12.0 Å². The van der Waals surface area contributed by atoms with E-state index in [2.05, 4.69) is 24.0 Å². The zero-order chi connectivity index (χ0) is 20.3. The molecular weight excluding hydrogens is 360 g/mol. The molecule has 28 heavy (non-hydrogen) atoms. The van der Waals surface area contributed by atoms with Crippen LogP contribution in [0.4, 0.5) is 0 Å². The van der Waals surface area contributed by atoms with Gasteiger partial charge >= 0.3 is 5.97 Å². The van der Waals surface area contributed by atoms with Gasteiger partial charge in [0.1, 0.15) is 17.7 Å². The summed E-state index contributed by atoms with van der Waals surface area (Å²) in [6.07, 6.45) is 0. The summed E-state index contributed by atoms with van der Waals surface area (Å²) in [7, 11) is 0. The Hall–Kier alpha value is -2.61. The van der Waals surface area contributed by atoms with Gasteiger partial charge in [0.15, 0.2) is 11.5 Å². The first-order chi connectivity index (χ1) is 13.4. The minimum atomic E-state index is -0.847. The molecule has 1 atom stereocenters. The lowest BCUT2D eigenvalue weighted by molar-refractivity contribution is -0.145. The molecule has 8 heteroatoms. The number of carbonyl (C=O) groups is 1. The predicted molar refractivity (Wildman–Crippen MR) is 103 cm³/mol. The second kappa shape index (κ2) is 8.60. The van der Waals surface area contributed by atoms with Gasteiger partial charge in [0.25, 0.3) is 0 Å². The zero-order valence-electron chi connectivity index (χ0n) is 16.9. The minimum absolute atomic E-state index is 0.345. The summed E-state index contributed by atoms with van der Waals surface area (Å²) < 4.78 is 13.5. The van der Waals surface area contributed by atoms with Gasteiger partial charge in [-0.15, -0.1) is 10.2 Å². The first kappa shape index (κ1) is 20.1. The Labute approximate surface area is 165 Å². The molecule has 1 unspecified atom stereocenters. The smallest absolute Gasteiger partial charge is 0.322 e. The Bertz CT molecular complexity index is 834. The van der Waals surface area contributed by atoms with E-state index in [0.29, 0.717) is 50.3 Å². The van der Waals surface area contributed by atoms with Gasteiger partial charge in [0.05, 0.1) is 26.3 Å². The predicted octanol–water partition coefficient (Wildman–Crippen LogP) is 2.49. The first-order valence-corrected chi connectivity index (χ1v) is 9.63. The van der Waals surface area contributed by atoms with Crippen molar-refractivity contribution in [3.05, 3.63) is 35.4 Å². The number of aliphatic carboxylic acids is 1. The van der Waals surface area contributed by atoms with Crippen LogP contribution >= 0.6 is 0 Å². The molecule has 1 aliphatic heterocycles. The van der Waals surface area contributed by atoms with Crippen molar-refractivity contribution < 1.29 is 19.4 Å². The van der Waals surface area contributed by atoms with E-state index >= 15 is 0 Å². The van der Waals surface area contributed by atoms with Crippen LogP contribution in [0.2, 0.25) is 0 Å². The highest BCUT2D eigenvalue weighted by molar-refractivity contribution is 5.73. The van der Waals surface area contributed by atoms with Gasteiger partial charge in [-0.05, 0) is 37.5 Å². The summed E-state index contributed by atoms with van der Waals surface area (Å²) in [6, 6.07) is 5.16. The molecule has 0 saturated carbocycles. The molecule has 0 radical (unpaired) electrons. The van der Waals surface area contributed by atoms with Crippen molar-refractivity contribution in [1.82, 2.24) is 19.7 Å². The number of carboxylic acids is 1. The molecule has 2 heterocycles. The van der Waals surface area contributed by atoms with Crippen LogP contribution < -0.4 is 9.47 Å². The molecule has 1 aliphatic rings. The van der Waals surface area contributed by atoms with Gasteiger partial charge in [-0.3, -0.25) is 9.69 Å². The molecule has 1 aromatic carbocycles. The third-order valence-corrected chi connectivity index (χ3v) is 4.70. The minimum Gasteiger partial charge on any atom is -0.490 e.